The van der Waals surface area contributed by atoms with E-state index in [-0.39, 0.29) is 0 Å². The number of rotatable bonds is 5. The predicted octanol–water partition coefficient (Wildman–Crippen LogP) is 12.5. The molecule has 0 saturated carbocycles. The second-order valence-electron chi connectivity index (χ2n) is 11.2. The van der Waals surface area contributed by atoms with Gasteiger partial charge < -0.3 is 0 Å². The summed E-state index contributed by atoms with van der Waals surface area (Å²) < 4.78 is 5.44. The molecule has 0 atom stereocenters. The number of aryl methyl sites for hydroxylation is 2. The van der Waals surface area contributed by atoms with Crippen molar-refractivity contribution in [3.63, 3.8) is 0 Å². The Morgan fingerprint density at radius 3 is 1.17 bits per heavy atom. The molecule has 0 saturated heterocycles. The zero-order chi connectivity index (χ0) is 28.2. The fourth-order valence-electron chi connectivity index (χ4n) is 6.20. The number of fused-ring (bicyclic) bond motifs is 6. The molecule has 0 radical (unpaired) electrons. The average Bonchev–Trinajstić information content (AvgIpc) is 3.61. The summed E-state index contributed by atoms with van der Waals surface area (Å²) in [6, 6.07) is 45.7. The number of benzene rings is 6. The van der Waals surface area contributed by atoms with Crippen molar-refractivity contribution in [3.05, 3.63) is 132 Å². The Hall–Kier alpha value is -4.24. The van der Waals surface area contributed by atoms with Crippen LogP contribution in [0.2, 0.25) is 0 Å². The monoisotopic (exact) mass is 574 g/mol. The van der Waals surface area contributed by atoms with Crippen LogP contribution in [0.15, 0.2) is 121 Å². The lowest BCUT2D eigenvalue weighted by molar-refractivity contribution is 1.15. The van der Waals surface area contributed by atoms with Crippen LogP contribution in [-0.4, -0.2) is 0 Å². The van der Waals surface area contributed by atoms with Crippen molar-refractivity contribution >= 4 is 63.0 Å². The summed E-state index contributed by atoms with van der Waals surface area (Å²) in [6.07, 6.45) is 2.14. The maximum absolute atomic E-state index is 2.37. The summed E-state index contributed by atoms with van der Waals surface area (Å²) in [5.41, 5.74) is 10.3. The van der Waals surface area contributed by atoms with E-state index in [0.29, 0.717) is 0 Å². The fourth-order valence-corrected chi connectivity index (χ4v) is 8.46. The third-order valence-corrected chi connectivity index (χ3v) is 10.9. The van der Waals surface area contributed by atoms with Gasteiger partial charge in [0.25, 0.3) is 0 Å². The number of hydrogen-bond acceptors (Lipinski definition) is 2. The Bertz CT molecular complexity index is 2110. The van der Waals surface area contributed by atoms with E-state index < -0.39 is 0 Å². The van der Waals surface area contributed by atoms with E-state index in [1.54, 1.807) is 0 Å². The van der Waals surface area contributed by atoms with Gasteiger partial charge in [-0.2, -0.15) is 0 Å². The molecule has 2 heteroatoms. The van der Waals surface area contributed by atoms with Gasteiger partial charge in [0.2, 0.25) is 0 Å². The molecule has 0 spiro atoms. The molecule has 6 aromatic carbocycles. The van der Waals surface area contributed by atoms with Gasteiger partial charge in [-0.3, -0.25) is 0 Å². The maximum Gasteiger partial charge on any atom is 0.0361 e. The summed E-state index contributed by atoms with van der Waals surface area (Å²) in [6.45, 7) is 4.45. The molecule has 0 fully saturated rings. The largest absolute Gasteiger partial charge is 0.135 e. The Kier molecular flexibility index (Phi) is 6.21. The molecule has 0 aliphatic carbocycles. The van der Waals surface area contributed by atoms with E-state index in [1.807, 2.05) is 22.7 Å². The van der Waals surface area contributed by atoms with Crippen molar-refractivity contribution in [1.29, 1.82) is 0 Å². The SMILES string of the molecule is CCc1ccc2sc3cc(-c4cccc(-c5cccc(-c6ccc7c(c6)sc6ccc(CC)cc67)c5)c4)ccc3c2c1. The number of thiophene rings is 2. The van der Waals surface area contributed by atoms with Crippen LogP contribution < -0.4 is 0 Å². The zero-order valence-electron chi connectivity index (χ0n) is 23.8. The minimum atomic E-state index is 1.07. The summed E-state index contributed by atoms with van der Waals surface area (Å²) >= 11 is 3.79. The van der Waals surface area contributed by atoms with E-state index in [2.05, 4.69) is 135 Å². The van der Waals surface area contributed by atoms with Crippen LogP contribution in [0.25, 0.3) is 73.7 Å². The van der Waals surface area contributed by atoms with Crippen LogP contribution in [0.5, 0.6) is 0 Å². The van der Waals surface area contributed by atoms with Crippen LogP contribution in [0, 0.1) is 0 Å². The molecule has 202 valence electrons. The van der Waals surface area contributed by atoms with E-state index in [4.69, 9.17) is 0 Å². The quantitative estimate of drug-likeness (QED) is 0.192. The van der Waals surface area contributed by atoms with Gasteiger partial charge in [-0.15, -0.1) is 22.7 Å². The maximum atomic E-state index is 2.37. The van der Waals surface area contributed by atoms with Crippen molar-refractivity contribution in [2.45, 2.75) is 26.7 Å². The Morgan fingerprint density at radius 1 is 0.357 bits per heavy atom. The standard InChI is InChI=1S/C40H30S2/c1-3-25-11-17-37-35(19-25)33-15-13-31(23-39(33)41-37)29-9-5-7-27(21-29)28-8-6-10-30(22-28)32-14-16-34-36-20-26(4-2)12-18-38(36)42-40(34)24-32/h5-24H,3-4H2,1-2H3. The molecule has 0 amide bonds. The second-order valence-corrected chi connectivity index (χ2v) is 13.3. The molecule has 8 aromatic rings. The summed E-state index contributed by atoms with van der Waals surface area (Å²) in [7, 11) is 0. The molecule has 2 aromatic heterocycles. The Balaban J connectivity index is 1.15. The zero-order valence-corrected chi connectivity index (χ0v) is 25.4. The van der Waals surface area contributed by atoms with Crippen molar-refractivity contribution in [1.82, 2.24) is 0 Å². The van der Waals surface area contributed by atoms with Gasteiger partial charge in [0.1, 0.15) is 0 Å². The highest BCUT2D eigenvalue weighted by atomic mass is 32.1. The Morgan fingerprint density at radius 2 is 0.762 bits per heavy atom. The lowest BCUT2D eigenvalue weighted by Gasteiger charge is -2.09. The average molecular weight is 575 g/mol. The first-order valence-electron chi connectivity index (χ1n) is 14.8. The molecule has 8 rings (SSSR count). The topological polar surface area (TPSA) is 0 Å². The molecule has 0 nitrogen and oxygen atoms in total. The molecule has 42 heavy (non-hydrogen) atoms. The highest BCUT2D eigenvalue weighted by molar-refractivity contribution is 7.26. The van der Waals surface area contributed by atoms with Gasteiger partial charge in [-0.1, -0.05) is 86.6 Å². The van der Waals surface area contributed by atoms with Gasteiger partial charge in [0.15, 0.2) is 0 Å². The minimum absolute atomic E-state index is 1.07. The molecule has 0 aliphatic rings. The second kappa shape index (κ2) is 10.2. The third kappa shape index (κ3) is 4.34. The minimum Gasteiger partial charge on any atom is -0.135 e. The molecule has 0 aliphatic heterocycles. The van der Waals surface area contributed by atoms with Crippen LogP contribution in [0.3, 0.4) is 0 Å². The fraction of sp³-hybridized carbons (Fsp3) is 0.100. The molecular weight excluding hydrogens is 545 g/mol. The lowest BCUT2D eigenvalue weighted by Crippen LogP contribution is -1.84. The number of hydrogen-bond donors (Lipinski definition) is 0. The molecule has 0 N–H and O–H groups in total. The van der Waals surface area contributed by atoms with Crippen LogP contribution in [-0.2, 0) is 12.8 Å². The molecule has 0 unspecified atom stereocenters. The van der Waals surface area contributed by atoms with Crippen LogP contribution in [0.4, 0.5) is 0 Å². The lowest BCUT2D eigenvalue weighted by atomic mass is 9.95. The van der Waals surface area contributed by atoms with E-state index in [0.717, 1.165) is 12.8 Å². The predicted molar refractivity (Wildman–Crippen MR) is 187 cm³/mol. The van der Waals surface area contributed by atoms with Crippen molar-refractivity contribution < 1.29 is 0 Å². The molecule has 0 bridgehead atoms. The van der Waals surface area contributed by atoms with Crippen molar-refractivity contribution in [2.24, 2.45) is 0 Å². The van der Waals surface area contributed by atoms with Crippen molar-refractivity contribution in [2.75, 3.05) is 0 Å². The first kappa shape index (κ1) is 25.5. The molecule has 2 heterocycles. The summed E-state index contributed by atoms with van der Waals surface area (Å²) in [5, 5.41) is 5.48. The highest BCUT2D eigenvalue weighted by Crippen LogP contribution is 2.39. The van der Waals surface area contributed by atoms with Crippen LogP contribution >= 0.6 is 22.7 Å². The Labute approximate surface area is 254 Å². The van der Waals surface area contributed by atoms with Crippen LogP contribution in [0.1, 0.15) is 25.0 Å². The normalized spacial score (nSPS) is 11.8. The van der Waals surface area contributed by atoms with Gasteiger partial charge in [-0.25, -0.2) is 0 Å². The van der Waals surface area contributed by atoms with Crippen molar-refractivity contribution in [3.8, 4) is 33.4 Å². The third-order valence-electron chi connectivity index (χ3n) is 8.61. The summed E-state index contributed by atoms with van der Waals surface area (Å²) in [5.74, 6) is 0. The molecular formula is C40H30S2. The van der Waals surface area contributed by atoms with E-state index in [9.17, 15) is 0 Å². The van der Waals surface area contributed by atoms with Gasteiger partial charge >= 0.3 is 0 Å². The van der Waals surface area contributed by atoms with Gasteiger partial charge in [0, 0.05) is 40.3 Å². The van der Waals surface area contributed by atoms with Gasteiger partial charge in [-0.05, 0) is 106 Å². The highest BCUT2D eigenvalue weighted by Gasteiger charge is 2.11. The van der Waals surface area contributed by atoms with E-state index >= 15 is 0 Å². The first-order chi connectivity index (χ1) is 20.7. The summed E-state index contributed by atoms with van der Waals surface area (Å²) in [4.78, 5) is 0. The van der Waals surface area contributed by atoms with Gasteiger partial charge in [0.05, 0.1) is 0 Å². The first-order valence-corrected chi connectivity index (χ1v) is 16.4. The smallest absolute Gasteiger partial charge is 0.0361 e. The van der Waals surface area contributed by atoms with E-state index in [1.165, 1.54) is 84.9 Å².